The number of aryl methyl sites for hydroxylation is 1. The van der Waals surface area contributed by atoms with Crippen LogP contribution in [0.1, 0.15) is 31.7 Å². The molecular formula is C16H18FN5O2. The molecule has 3 rings (SSSR count). The van der Waals surface area contributed by atoms with E-state index < -0.39 is 0 Å². The van der Waals surface area contributed by atoms with Gasteiger partial charge in [-0.1, -0.05) is 25.8 Å². The first-order valence-corrected chi connectivity index (χ1v) is 7.81. The maximum atomic E-state index is 14.3. The lowest BCUT2D eigenvalue weighted by atomic mass is 10.1. The SMILES string of the molecule is CCCCCc1ccc(Nc2nc3nonc3nc2OC)c(F)c1. The molecule has 0 spiro atoms. The molecular weight excluding hydrogens is 313 g/mol. The minimum absolute atomic E-state index is 0.185. The molecule has 8 heteroatoms. The van der Waals surface area contributed by atoms with Crippen LogP contribution in [0, 0.1) is 5.82 Å². The van der Waals surface area contributed by atoms with Gasteiger partial charge in [0.1, 0.15) is 5.82 Å². The largest absolute Gasteiger partial charge is 0.478 e. The Hall–Kier alpha value is -2.77. The number of unbranched alkanes of at least 4 members (excludes halogenated alkanes) is 2. The lowest BCUT2D eigenvalue weighted by molar-refractivity contribution is 0.313. The highest BCUT2D eigenvalue weighted by atomic mass is 19.1. The predicted molar refractivity (Wildman–Crippen MR) is 86.9 cm³/mol. The van der Waals surface area contributed by atoms with Crippen LogP contribution in [0.5, 0.6) is 5.88 Å². The molecule has 1 aromatic carbocycles. The summed E-state index contributed by atoms with van der Waals surface area (Å²) in [6.45, 7) is 2.14. The van der Waals surface area contributed by atoms with Crippen molar-refractivity contribution < 1.29 is 13.8 Å². The van der Waals surface area contributed by atoms with Crippen LogP contribution >= 0.6 is 0 Å². The molecule has 2 heterocycles. The van der Waals surface area contributed by atoms with Crippen LogP contribution < -0.4 is 10.1 Å². The van der Waals surface area contributed by atoms with Crippen molar-refractivity contribution in [1.29, 1.82) is 0 Å². The van der Waals surface area contributed by atoms with Gasteiger partial charge in [-0.3, -0.25) is 0 Å². The number of fused-ring (bicyclic) bond motifs is 1. The number of nitrogens with zero attached hydrogens (tertiary/aromatic N) is 4. The Bertz CT molecular complexity index is 836. The van der Waals surface area contributed by atoms with Gasteiger partial charge in [0, 0.05) is 0 Å². The normalized spacial score (nSPS) is 11.0. The average Bonchev–Trinajstić information content (AvgIpc) is 3.04. The topological polar surface area (TPSA) is 86.0 Å². The van der Waals surface area contributed by atoms with Crippen molar-refractivity contribution in [3.05, 3.63) is 29.6 Å². The molecule has 0 bridgehead atoms. The van der Waals surface area contributed by atoms with Gasteiger partial charge >= 0.3 is 0 Å². The lowest BCUT2D eigenvalue weighted by Crippen LogP contribution is -2.02. The Balaban J connectivity index is 1.82. The van der Waals surface area contributed by atoms with E-state index in [0.29, 0.717) is 0 Å². The van der Waals surface area contributed by atoms with Crippen molar-refractivity contribution in [2.45, 2.75) is 32.6 Å². The number of halogens is 1. The van der Waals surface area contributed by atoms with Crippen LogP contribution in [0.4, 0.5) is 15.9 Å². The van der Waals surface area contributed by atoms with Crippen molar-refractivity contribution in [2.24, 2.45) is 0 Å². The maximum Gasteiger partial charge on any atom is 0.259 e. The highest BCUT2D eigenvalue weighted by Gasteiger charge is 2.15. The quantitative estimate of drug-likeness (QED) is 0.661. The summed E-state index contributed by atoms with van der Waals surface area (Å²) in [5.41, 5.74) is 1.71. The predicted octanol–water partition coefficient (Wildman–Crippen LogP) is 3.64. The zero-order valence-electron chi connectivity index (χ0n) is 13.5. The third kappa shape index (κ3) is 3.42. The molecule has 7 nitrogen and oxygen atoms in total. The summed E-state index contributed by atoms with van der Waals surface area (Å²) in [6.07, 6.45) is 4.20. The first kappa shape index (κ1) is 16.1. The first-order valence-electron chi connectivity index (χ1n) is 7.81. The van der Waals surface area contributed by atoms with E-state index in [2.05, 4.69) is 37.2 Å². The fourth-order valence-corrected chi connectivity index (χ4v) is 2.37. The second-order valence-electron chi connectivity index (χ2n) is 5.39. The molecule has 2 aromatic heterocycles. The summed E-state index contributed by atoms with van der Waals surface area (Å²) >= 11 is 0. The summed E-state index contributed by atoms with van der Waals surface area (Å²) in [5, 5.41) is 10.1. The molecule has 0 saturated heterocycles. The minimum atomic E-state index is -0.355. The molecule has 0 atom stereocenters. The van der Waals surface area contributed by atoms with E-state index in [0.717, 1.165) is 31.2 Å². The van der Waals surface area contributed by atoms with Crippen molar-refractivity contribution in [3.63, 3.8) is 0 Å². The van der Waals surface area contributed by atoms with Crippen LogP contribution in [0.3, 0.4) is 0 Å². The molecule has 0 unspecified atom stereocenters. The zero-order valence-corrected chi connectivity index (χ0v) is 13.5. The number of nitrogens with one attached hydrogen (secondary N) is 1. The minimum Gasteiger partial charge on any atom is -0.478 e. The number of anilines is 2. The number of hydrogen-bond acceptors (Lipinski definition) is 7. The highest BCUT2D eigenvalue weighted by Crippen LogP contribution is 2.27. The standard InChI is InChI=1S/C16H18FN5O2/c1-3-4-5-6-10-7-8-12(11(17)9-10)18-15-16(23-2)20-14-13(19-15)21-24-22-14/h7-9H,3-6H2,1-2H3,(H,18,19,21). The zero-order chi connectivity index (χ0) is 16.9. The molecule has 0 saturated carbocycles. The lowest BCUT2D eigenvalue weighted by Gasteiger charge is -2.10. The van der Waals surface area contributed by atoms with Gasteiger partial charge < -0.3 is 10.1 Å². The van der Waals surface area contributed by atoms with Crippen LogP contribution in [-0.4, -0.2) is 27.4 Å². The van der Waals surface area contributed by atoms with Gasteiger partial charge in [0.05, 0.1) is 12.8 Å². The van der Waals surface area contributed by atoms with E-state index in [1.54, 1.807) is 6.07 Å². The summed E-state index contributed by atoms with van der Waals surface area (Å²) in [7, 11) is 1.45. The Kier molecular flexibility index (Phi) is 4.83. The molecule has 126 valence electrons. The van der Waals surface area contributed by atoms with Crippen LogP contribution in [0.25, 0.3) is 11.3 Å². The van der Waals surface area contributed by atoms with E-state index in [1.165, 1.54) is 13.2 Å². The Labute approximate surface area is 138 Å². The van der Waals surface area contributed by atoms with Crippen LogP contribution in [0.2, 0.25) is 0 Å². The van der Waals surface area contributed by atoms with Gasteiger partial charge in [-0.15, -0.1) is 0 Å². The molecule has 0 radical (unpaired) electrons. The number of rotatable bonds is 7. The van der Waals surface area contributed by atoms with Gasteiger partial charge in [0.25, 0.3) is 5.88 Å². The van der Waals surface area contributed by atoms with Crippen molar-refractivity contribution in [3.8, 4) is 5.88 Å². The molecule has 1 N–H and O–H groups in total. The Morgan fingerprint density at radius 3 is 2.67 bits per heavy atom. The Morgan fingerprint density at radius 2 is 1.96 bits per heavy atom. The van der Waals surface area contributed by atoms with Gasteiger partial charge in [0.15, 0.2) is 5.82 Å². The van der Waals surface area contributed by atoms with Gasteiger partial charge in [-0.05, 0) is 40.9 Å². The summed E-state index contributed by atoms with van der Waals surface area (Å²) in [5.74, 6) is 0.0779. The number of benzene rings is 1. The van der Waals surface area contributed by atoms with E-state index in [1.807, 2.05) is 6.07 Å². The second kappa shape index (κ2) is 7.20. The van der Waals surface area contributed by atoms with Gasteiger partial charge in [-0.2, -0.15) is 9.97 Å². The van der Waals surface area contributed by atoms with Crippen LogP contribution in [0.15, 0.2) is 22.8 Å². The first-order chi connectivity index (χ1) is 11.7. The number of methoxy groups -OCH3 is 1. The molecule has 0 fully saturated rings. The molecule has 0 aliphatic carbocycles. The van der Waals surface area contributed by atoms with E-state index >= 15 is 0 Å². The average molecular weight is 331 g/mol. The van der Waals surface area contributed by atoms with Gasteiger partial charge in [0.2, 0.25) is 11.3 Å². The van der Waals surface area contributed by atoms with E-state index in [-0.39, 0.29) is 34.5 Å². The fourth-order valence-electron chi connectivity index (χ4n) is 2.37. The maximum absolute atomic E-state index is 14.3. The van der Waals surface area contributed by atoms with Crippen molar-refractivity contribution in [2.75, 3.05) is 12.4 Å². The monoisotopic (exact) mass is 331 g/mol. The van der Waals surface area contributed by atoms with E-state index in [4.69, 9.17) is 4.74 Å². The van der Waals surface area contributed by atoms with Crippen LogP contribution in [-0.2, 0) is 6.42 Å². The third-order valence-corrected chi connectivity index (χ3v) is 3.63. The number of ether oxygens (including phenoxy) is 1. The summed E-state index contributed by atoms with van der Waals surface area (Å²) in [4.78, 5) is 8.30. The van der Waals surface area contributed by atoms with Crippen molar-refractivity contribution >= 4 is 22.8 Å². The molecule has 0 aliphatic heterocycles. The third-order valence-electron chi connectivity index (χ3n) is 3.63. The molecule has 3 aromatic rings. The molecule has 0 amide bonds. The smallest absolute Gasteiger partial charge is 0.259 e. The summed E-state index contributed by atoms with van der Waals surface area (Å²) < 4.78 is 24.1. The summed E-state index contributed by atoms with van der Waals surface area (Å²) in [6, 6.07) is 5.12. The highest BCUT2D eigenvalue weighted by molar-refractivity contribution is 5.71. The van der Waals surface area contributed by atoms with Gasteiger partial charge in [-0.25, -0.2) is 9.02 Å². The number of aromatic nitrogens is 4. The fraction of sp³-hybridized carbons (Fsp3) is 0.375. The number of hydrogen-bond donors (Lipinski definition) is 1. The molecule has 24 heavy (non-hydrogen) atoms. The van der Waals surface area contributed by atoms with Crippen molar-refractivity contribution in [1.82, 2.24) is 20.3 Å². The Morgan fingerprint density at radius 1 is 1.17 bits per heavy atom. The molecule has 0 aliphatic rings. The second-order valence-corrected chi connectivity index (χ2v) is 5.39. The van der Waals surface area contributed by atoms with E-state index in [9.17, 15) is 4.39 Å².